The summed E-state index contributed by atoms with van der Waals surface area (Å²) in [6.45, 7) is 15.2. The molecular weight excluding hydrogens is 368 g/mol. The number of hydrogen-bond acceptors (Lipinski definition) is 3. The highest BCUT2D eigenvalue weighted by Gasteiger charge is 2.38. The van der Waals surface area contributed by atoms with Crippen LogP contribution in [-0.2, 0) is 13.5 Å². The van der Waals surface area contributed by atoms with E-state index in [1.807, 2.05) is 30.9 Å². The van der Waals surface area contributed by atoms with Crippen molar-refractivity contribution in [2.24, 2.45) is 12.5 Å². The van der Waals surface area contributed by atoms with E-state index in [0.29, 0.717) is 5.41 Å². The summed E-state index contributed by atoms with van der Waals surface area (Å²) < 4.78 is 2.02. The highest BCUT2D eigenvalue weighted by molar-refractivity contribution is 5.65. The molecule has 0 amide bonds. The third kappa shape index (κ3) is 4.22. The Hall–Kier alpha value is -2.77. The van der Waals surface area contributed by atoms with Gasteiger partial charge in [-0.3, -0.25) is 4.90 Å². The Balaban J connectivity index is 1.90. The molecule has 0 radical (unpaired) electrons. The minimum Gasteiger partial charge on any atom is -0.345 e. The molecule has 1 atom stereocenters. The number of hydrogen-bond donors (Lipinski definition) is 0. The van der Waals surface area contributed by atoms with Gasteiger partial charge in [-0.1, -0.05) is 51.5 Å². The molecule has 1 saturated heterocycles. The third-order valence-electron chi connectivity index (χ3n) is 5.97. The fourth-order valence-corrected chi connectivity index (χ4v) is 4.30. The molecule has 1 aliphatic heterocycles. The number of rotatable bonds is 6. The van der Waals surface area contributed by atoms with E-state index in [9.17, 15) is 0 Å². The standard InChI is InChI=1S/C26H34N4/c1-9-20-15-21(23(11-3)30-16-26(5,6)17-30)12-13-24(20)29(8)19(4)14-25-22(10-2)27-18-28(25)7/h3,10,12-15,18,23H,4,9,16-17H2,1-2,5-8H3. The molecule has 3 rings (SSSR count). The van der Waals surface area contributed by atoms with Gasteiger partial charge in [0.05, 0.1) is 23.1 Å². The highest BCUT2D eigenvalue weighted by atomic mass is 15.2. The number of nitrogens with zero attached hydrogens (tertiary/aromatic N) is 4. The number of aromatic nitrogens is 2. The Morgan fingerprint density at radius 3 is 2.67 bits per heavy atom. The van der Waals surface area contributed by atoms with Crippen LogP contribution >= 0.6 is 0 Å². The number of allylic oxidation sites excluding steroid dienone is 1. The second-order valence-corrected chi connectivity index (χ2v) is 8.99. The van der Waals surface area contributed by atoms with Crippen molar-refractivity contribution < 1.29 is 0 Å². The van der Waals surface area contributed by atoms with Crippen LogP contribution in [0.25, 0.3) is 12.2 Å². The molecule has 0 saturated carbocycles. The van der Waals surface area contributed by atoms with Gasteiger partial charge in [-0.05, 0) is 42.0 Å². The van der Waals surface area contributed by atoms with Crippen LogP contribution in [0, 0.1) is 17.8 Å². The quantitative estimate of drug-likeness (QED) is 0.694. The van der Waals surface area contributed by atoms with Crippen LogP contribution in [0.5, 0.6) is 0 Å². The van der Waals surface area contributed by atoms with Crippen LogP contribution < -0.4 is 15.6 Å². The molecule has 4 nitrogen and oxygen atoms in total. The highest BCUT2D eigenvalue weighted by Crippen LogP contribution is 2.37. The first-order valence-electron chi connectivity index (χ1n) is 10.6. The second kappa shape index (κ2) is 8.53. The Morgan fingerprint density at radius 1 is 1.40 bits per heavy atom. The lowest BCUT2D eigenvalue weighted by molar-refractivity contribution is 0.0112. The first-order chi connectivity index (χ1) is 14.2. The van der Waals surface area contributed by atoms with Crippen molar-refractivity contribution in [2.75, 3.05) is 25.0 Å². The predicted octanol–water partition coefficient (Wildman–Crippen LogP) is 3.23. The molecule has 4 heteroatoms. The minimum absolute atomic E-state index is 0.0366. The first-order valence-corrected chi connectivity index (χ1v) is 10.6. The average Bonchev–Trinajstić information content (AvgIpc) is 3.05. The van der Waals surface area contributed by atoms with Crippen molar-refractivity contribution >= 4 is 17.8 Å². The molecule has 1 aromatic carbocycles. The molecule has 1 unspecified atom stereocenters. The Labute approximate surface area is 181 Å². The van der Waals surface area contributed by atoms with Gasteiger partial charge in [-0.25, -0.2) is 4.98 Å². The lowest BCUT2D eigenvalue weighted by Crippen LogP contribution is -2.53. The van der Waals surface area contributed by atoms with E-state index in [4.69, 9.17) is 6.42 Å². The number of aryl methyl sites for hydroxylation is 2. The summed E-state index contributed by atoms with van der Waals surface area (Å²) in [7, 11) is 4.07. The fraction of sp³-hybridized carbons (Fsp3) is 0.423. The smallest absolute Gasteiger partial charge is 0.0968 e. The lowest BCUT2D eigenvalue weighted by Gasteiger charge is -2.48. The average molecular weight is 403 g/mol. The second-order valence-electron chi connectivity index (χ2n) is 8.99. The van der Waals surface area contributed by atoms with Crippen molar-refractivity contribution in [1.82, 2.24) is 14.5 Å². The van der Waals surface area contributed by atoms with Gasteiger partial charge in [0, 0.05) is 38.6 Å². The maximum atomic E-state index is 5.93. The van der Waals surface area contributed by atoms with Gasteiger partial charge in [-0.2, -0.15) is 0 Å². The topological polar surface area (TPSA) is 24.3 Å². The van der Waals surface area contributed by atoms with E-state index >= 15 is 0 Å². The van der Waals surface area contributed by atoms with E-state index in [1.54, 1.807) is 0 Å². The summed E-state index contributed by atoms with van der Waals surface area (Å²) in [5.74, 6) is 3.00. The van der Waals surface area contributed by atoms with E-state index in [0.717, 1.165) is 41.6 Å². The molecule has 2 heterocycles. The van der Waals surface area contributed by atoms with Crippen molar-refractivity contribution in [3.05, 3.63) is 58.6 Å². The summed E-state index contributed by atoms with van der Waals surface area (Å²) in [5.41, 5.74) is 4.91. The van der Waals surface area contributed by atoms with E-state index < -0.39 is 0 Å². The summed E-state index contributed by atoms with van der Waals surface area (Å²) in [6.07, 6.45) is 12.8. The van der Waals surface area contributed by atoms with Crippen LogP contribution in [0.2, 0.25) is 0 Å². The molecule has 158 valence electrons. The summed E-state index contributed by atoms with van der Waals surface area (Å²) in [6, 6.07) is 6.65. The maximum Gasteiger partial charge on any atom is 0.0968 e. The molecular formula is C26H34N4. The molecule has 1 fully saturated rings. The Morgan fingerprint density at radius 2 is 2.10 bits per heavy atom. The van der Waals surface area contributed by atoms with Crippen LogP contribution in [0.1, 0.15) is 44.9 Å². The maximum absolute atomic E-state index is 5.93. The van der Waals surface area contributed by atoms with Gasteiger partial charge in [-0.15, -0.1) is 6.42 Å². The van der Waals surface area contributed by atoms with Crippen LogP contribution in [0.4, 0.5) is 5.69 Å². The van der Waals surface area contributed by atoms with Crippen molar-refractivity contribution in [2.45, 2.75) is 40.2 Å². The zero-order valence-corrected chi connectivity index (χ0v) is 19.2. The minimum atomic E-state index is 0.0366. The third-order valence-corrected chi connectivity index (χ3v) is 5.97. The van der Waals surface area contributed by atoms with Gasteiger partial charge in [0.1, 0.15) is 0 Å². The van der Waals surface area contributed by atoms with Crippen LogP contribution in [-0.4, -0.2) is 34.6 Å². The monoisotopic (exact) mass is 402 g/mol. The Kier molecular flexibility index (Phi) is 6.24. The normalized spacial score (nSPS) is 18.0. The number of anilines is 1. The summed E-state index contributed by atoms with van der Waals surface area (Å²) >= 11 is 0. The van der Waals surface area contributed by atoms with Gasteiger partial charge < -0.3 is 9.47 Å². The number of benzene rings is 1. The molecule has 30 heavy (non-hydrogen) atoms. The van der Waals surface area contributed by atoms with Crippen molar-refractivity contribution in [1.29, 1.82) is 0 Å². The molecule has 1 aliphatic rings. The molecule has 0 spiro atoms. The van der Waals surface area contributed by atoms with Crippen LogP contribution in [0.3, 0.4) is 0 Å². The summed E-state index contributed by atoms with van der Waals surface area (Å²) in [4.78, 5) is 8.96. The van der Waals surface area contributed by atoms with Gasteiger partial charge in [0.25, 0.3) is 0 Å². The number of terminal acetylenes is 1. The van der Waals surface area contributed by atoms with E-state index in [2.05, 4.69) is 79.4 Å². The SMILES string of the molecule is C#CC(c1ccc(N(C)C(=C)C=c2c(=CC)ncn2C)c(CC)c1)N1CC(C)(C)C1. The number of imidazole rings is 1. The molecule has 2 aromatic rings. The largest absolute Gasteiger partial charge is 0.345 e. The van der Waals surface area contributed by atoms with Gasteiger partial charge in [0.15, 0.2) is 0 Å². The molecule has 0 aliphatic carbocycles. The number of likely N-dealkylation sites (tertiary alicyclic amines) is 1. The van der Waals surface area contributed by atoms with E-state index in [1.165, 1.54) is 11.1 Å². The molecule has 0 bridgehead atoms. The Bertz CT molecular complexity index is 1090. The van der Waals surface area contributed by atoms with Crippen molar-refractivity contribution in [3.8, 4) is 12.3 Å². The zero-order chi connectivity index (χ0) is 22.1. The zero-order valence-electron chi connectivity index (χ0n) is 19.2. The fourth-order valence-electron chi connectivity index (χ4n) is 4.30. The van der Waals surface area contributed by atoms with Crippen molar-refractivity contribution in [3.63, 3.8) is 0 Å². The lowest BCUT2D eigenvalue weighted by atomic mass is 9.82. The van der Waals surface area contributed by atoms with Crippen LogP contribution in [0.15, 0.2) is 36.8 Å². The van der Waals surface area contributed by atoms with E-state index in [-0.39, 0.29) is 6.04 Å². The molecule has 1 aromatic heterocycles. The molecule has 0 N–H and O–H groups in total. The van der Waals surface area contributed by atoms with Gasteiger partial charge in [0.2, 0.25) is 0 Å². The summed E-state index contributed by atoms with van der Waals surface area (Å²) in [5, 5.41) is 2.02. The first kappa shape index (κ1) is 21.9. The van der Waals surface area contributed by atoms with Gasteiger partial charge >= 0.3 is 0 Å². The predicted molar refractivity (Wildman–Crippen MR) is 127 cm³/mol.